The largest absolute Gasteiger partial charge is 0.447 e. The van der Waals surface area contributed by atoms with Crippen molar-refractivity contribution >= 4 is 6.09 Å². The molecule has 1 heterocycles. The molecule has 2 aliphatic rings. The molecule has 0 aromatic heterocycles. The van der Waals surface area contributed by atoms with E-state index in [0.29, 0.717) is 12.0 Å². The summed E-state index contributed by atoms with van der Waals surface area (Å²) in [7, 11) is 0. The highest BCUT2D eigenvalue weighted by Gasteiger charge is 2.27. The predicted octanol–water partition coefficient (Wildman–Crippen LogP) is 2.42. The highest BCUT2D eigenvalue weighted by atomic mass is 16.6. The highest BCUT2D eigenvalue weighted by Crippen LogP contribution is 2.26. The van der Waals surface area contributed by atoms with Crippen molar-refractivity contribution in [2.75, 3.05) is 19.7 Å². The Hall–Kier alpha value is -0.770. The lowest BCUT2D eigenvalue weighted by Gasteiger charge is -2.31. The van der Waals surface area contributed by atoms with Crippen LogP contribution >= 0.6 is 0 Å². The molecule has 17 heavy (non-hydrogen) atoms. The van der Waals surface area contributed by atoms with Crippen molar-refractivity contribution in [3.8, 4) is 0 Å². The lowest BCUT2D eigenvalue weighted by atomic mass is 9.98. The van der Waals surface area contributed by atoms with Crippen LogP contribution in [0.5, 0.6) is 0 Å². The standard InChI is InChI=1S/C13H23NO3/c1-10(2)17-13(15)14-7-5-11(6-8-14)9-16-12-3-4-12/h10-12H,3-9H2,1-2H3. The van der Waals surface area contributed by atoms with Gasteiger partial charge in [0.2, 0.25) is 0 Å². The average molecular weight is 241 g/mol. The van der Waals surface area contributed by atoms with Crippen molar-refractivity contribution in [1.29, 1.82) is 0 Å². The van der Waals surface area contributed by atoms with Crippen LogP contribution in [0, 0.1) is 5.92 Å². The number of likely N-dealkylation sites (tertiary alicyclic amines) is 1. The van der Waals surface area contributed by atoms with Crippen molar-refractivity contribution in [2.45, 2.75) is 51.7 Å². The number of ether oxygens (including phenoxy) is 2. The van der Waals surface area contributed by atoms with E-state index >= 15 is 0 Å². The molecule has 98 valence electrons. The number of nitrogens with zero attached hydrogens (tertiary/aromatic N) is 1. The smallest absolute Gasteiger partial charge is 0.410 e. The van der Waals surface area contributed by atoms with Crippen LogP contribution in [0.4, 0.5) is 4.79 Å². The molecule has 1 aliphatic carbocycles. The Bertz CT molecular complexity index is 255. The molecular weight excluding hydrogens is 218 g/mol. The first-order valence-corrected chi connectivity index (χ1v) is 6.72. The topological polar surface area (TPSA) is 38.8 Å². The minimum atomic E-state index is -0.165. The van der Waals surface area contributed by atoms with Crippen LogP contribution in [0.15, 0.2) is 0 Å². The van der Waals surface area contributed by atoms with Gasteiger partial charge in [-0.05, 0) is 45.4 Å². The Morgan fingerprint density at radius 3 is 2.41 bits per heavy atom. The fourth-order valence-corrected chi connectivity index (χ4v) is 2.07. The van der Waals surface area contributed by atoms with Crippen molar-refractivity contribution in [2.24, 2.45) is 5.92 Å². The van der Waals surface area contributed by atoms with Gasteiger partial charge in [-0.1, -0.05) is 0 Å². The molecule has 1 saturated carbocycles. The average Bonchev–Trinajstić information content (AvgIpc) is 3.10. The van der Waals surface area contributed by atoms with Gasteiger partial charge in [0, 0.05) is 19.7 Å². The Kier molecular flexibility index (Phi) is 4.26. The van der Waals surface area contributed by atoms with Crippen LogP contribution in [0.25, 0.3) is 0 Å². The molecule has 0 radical (unpaired) electrons. The molecule has 2 fully saturated rings. The zero-order valence-electron chi connectivity index (χ0n) is 10.9. The molecule has 1 saturated heterocycles. The highest BCUT2D eigenvalue weighted by molar-refractivity contribution is 5.67. The zero-order valence-corrected chi connectivity index (χ0v) is 10.9. The summed E-state index contributed by atoms with van der Waals surface area (Å²) in [5.74, 6) is 0.624. The second kappa shape index (κ2) is 5.71. The molecule has 0 atom stereocenters. The summed E-state index contributed by atoms with van der Waals surface area (Å²) in [6.07, 6.45) is 4.90. The van der Waals surface area contributed by atoms with E-state index in [0.717, 1.165) is 32.5 Å². The van der Waals surface area contributed by atoms with Crippen molar-refractivity contribution in [3.63, 3.8) is 0 Å². The van der Waals surface area contributed by atoms with Gasteiger partial charge in [-0.3, -0.25) is 0 Å². The SMILES string of the molecule is CC(C)OC(=O)N1CCC(COC2CC2)CC1. The van der Waals surface area contributed by atoms with E-state index in [-0.39, 0.29) is 12.2 Å². The van der Waals surface area contributed by atoms with Gasteiger partial charge in [0.1, 0.15) is 0 Å². The Morgan fingerprint density at radius 1 is 1.24 bits per heavy atom. The Balaban J connectivity index is 1.64. The van der Waals surface area contributed by atoms with Gasteiger partial charge in [-0.2, -0.15) is 0 Å². The van der Waals surface area contributed by atoms with Crippen LogP contribution < -0.4 is 0 Å². The fraction of sp³-hybridized carbons (Fsp3) is 0.923. The monoisotopic (exact) mass is 241 g/mol. The van der Waals surface area contributed by atoms with Gasteiger partial charge in [-0.15, -0.1) is 0 Å². The summed E-state index contributed by atoms with van der Waals surface area (Å²) < 4.78 is 10.9. The van der Waals surface area contributed by atoms with Crippen LogP contribution in [-0.4, -0.2) is 42.9 Å². The van der Waals surface area contributed by atoms with Crippen LogP contribution in [0.3, 0.4) is 0 Å². The minimum Gasteiger partial charge on any atom is -0.447 e. The molecule has 1 aliphatic heterocycles. The van der Waals surface area contributed by atoms with E-state index < -0.39 is 0 Å². The third kappa shape index (κ3) is 4.19. The second-order valence-electron chi connectivity index (χ2n) is 5.40. The first kappa shape index (κ1) is 12.7. The number of piperidine rings is 1. The zero-order chi connectivity index (χ0) is 12.3. The van der Waals surface area contributed by atoms with Crippen molar-refractivity contribution in [1.82, 2.24) is 4.90 Å². The van der Waals surface area contributed by atoms with Gasteiger partial charge in [0.05, 0.1) is 12.2 Å². The molecule has 0 bridgehead atoms. The third-order valence-corrected chi connectivity index (χ3v) is 3.30. The lowest BCUT2D eigenvalue weighted by molar-refractivity contribution is 0.0403. The first-order valence-electron chi connectivity index (χ1n) is 6.72. The van der Waals surface area contributed by atoms with Crippen LogP contribution in [0.2, 0.25) is 0 Å². The summed E-state index contributed by atoms with van der Waals surface area (Å²) in [5, 5.41) is 0. The van der Waals surface area contributed by atoms with Gasteiger partial charge >= 0.3 is 6.09 Å². The number of hydrogen-bond donors (Lipinski definition) is 0. The maximum atomic E-state index is 11.7. The van der Waals surface area contributed by atoms with Crippen molar-refractivity contribution < 1.29 is 14.3 Å². The minimum absolute atomic E-state index is 0.0292. The quantitative estimate of drug-likeness (QED) is 0.758. The number of carbonyl (C=O) groups is 1. The van der Waals surface area contributed by atoms with Gasteiger partial charge in [0.25, 0.3) is 0 Å². The van der Waals surface area contributed by atoms with E-state index in [2.05, 4.69) is 0 Å². The summed E-state index contributed by atoms with van der Waals surface area (Å²) in [6, 6.07) is 0. The lowest BCUT2D eigenvalue weighted by Crippen LogP contribution is -2.40. The number of hydrogen-bond acceptors (Lipinski definition) is 3. The molecule has 2 rings (SSSR count). The predicted molar refractivity (Wildman–Crippen MR) is 64.9 cm³/mol. The maximum Gasteiger partial charge on any atom is 0.410 e. The molecule has 0 aromatic carbocycles. The third-order valence-electron chi connectivity index (χ3n) is 3.30. The Labute approximate surface area is 103 Å². The maximum absolute atomic E-state index is 11.7. The molecule has 0 aromatic rings. The fourth-order valence-electron chi connectivity index (χ4n) is 2.07. The molecule has 0 N–H and O–H groups in total. The molecule has 4 nitrogen and oxygen atoms in total. The number of carbonyl (C=O) groups excluding carboxylic acids is 1. The van der Waals surface area contributed by atoms with Gasteiger partial charge in [-0.25, -0.2) is 4.79 Å². The van der Waals surface area contributed by atoms with Crippen LogP contribution in [0.1, 0.15) is 39.5 Å². The second-order valence-corrected chi connectivity index (χ2v) is 5.40. The molecular formula is C13H23NO3. The number of rotatable bonds is 4. The van der Waals surface area contributed by atoms with Crippen molar-refractivity contribution in [3.05, 3.63) is 0 Å². The molecule has 1 amide bonds. The van der Waals surface area contributed by atoms with E-state index in [9.17, 15) is 4.79 Å². The normalized spacial score (nSPS) is 21.9. The summed E-state index contributed by atoms with van der Waals surface area (Å²) in [5.41, 5.74) is 0. The van der Waals surface area contributed by atoms with E-state index in [4.69, 9.17) is 9.47 Å². The van der Waals surface area contributed by atoms with E-state index in [1.807, 2.05) is 18.7 Å². The first-order chi connectivity index (χ1) is 8.15. The van der Waals surface area contributed by atoms with E-state index in [1.165, 1.54) is 12.8 Å². The van der Waals surface area contributed by atoms with E-state index in [1.54, 1.807) is 0 Å². The molecule has 0 unspecified atom stereocenters. The summed E-state index contributed by atoms with van der Waals surface area (Å²) in [4.78, 5) is 13.5. The van der Waals surface area contributed by atoms with Gasteiger partial charge in [0.15, 0.2) is 0 Å². The van der Waals surface area contributed by atoms with Gasteiger partial charge < -0.3 is 14.4 Å². The molecule has 4 heteroatoms. The van der Waals surface area contributed by atoms with Crippen LogP contribution in [-0.2, 0) is 9.47 Å². The summed E-state index contributed by atoms with van der Waals surface area (Å²) >= 11 is 0. The number of amides is 1. The summed E-state index contributed by atoms with van der Waals surface area (Å²) in [6.45, 7) is 6.26. The Morgan fingerprint density at radius 2 is 1.88 bits per heavy atom. The molecule has 0 spiro atoms.